The molecule has 0 aliphatic carbocycles. The van der Waals surface area contributed by atoms with Crippen LogP contribution in [-0.2, 0) is 6.54 Å². The van der Waals surface area contributed by atoms with Gasteiger partial charge in [-0.15, -0.1) is 0 Å². The molecule has 0 aliphatic heterocycles. The molecule has 0 saturated carbocycles. The lowest BCUT2D eigenvalue weighted by atomic mass is 10.1. The molecule has 1 unspecified atom stereocenters. The van der Waals surface area contributed by atoms with Gasteiger partial charge < -0.3 is 19.9 Å². The van der Waals surface area contributed by atoms with Crippen LogP contribution in [0.1, 0.15) is 18.9 Å². The Kier molecular flexibility index (Phi) is 6.99. The Morgan fingerprint density at radius 1 is 1.32 bits per heavy atom. The summed E-state index contributed by atoms with van der Waals surface area (Å²) in [7, 11) is 3.16. The van der Waals surface area contributed by atoms with Gasteiger partial charge in [-0.25, -0.2) is 0 Å². The molecule has 0 saturated heterocycles. The van der Waals surface area contributed by atoms with E-state index in [0.29, 0.717) is 29.0 Å². The zero-order chi connectivity index (χ0) is 14.3. The third-order valence-corrected chi connectivity index (χ3v) is 3.22. The molecule has 0 aliphatic rings. The fourth-order valence-corrected chi connectivity index (χ4v) is 2.17. The van der Waals surface area contributed by atoms with Crippen molar-refractivity contribution in [3.05, 3.63) is 22.7 Å². The number of ether oxygens (including phenoxy) is 2. The molecule has 1 rings (SSSR count). The van der Waals surface area contributed by atoms with Gasteiger partial charge in [0, 0.05) is 13.2 Å². The fourth-order valence-electron chi connectivity index (χ4n) is 1.86. The molecule has 19 heavy (non-hydrogen) atoms. The van der Waals surface area contributed by atoms with Crippen LogP contribution in [0.25, 0.3) is 0 Å². The second-order valence-corrected chi connectivity index (χ2v) is 4.97. The van der Waals surface area contributed by atoms with Crippen LogP contribution in [0.4, 0.5) is 0 Å². The van der Waals surface area contributed by atoms with Gasteiger partial charge in [0.1, 0.15) is 0 Å². The van der Waals surface area contributed by atoms with Gasteiger partial charge in [0.25, 0.3) is 0 Å². The highest BCUT2D eigenvalue weighted by Crippen LogP contribution is 2.35. The SMILES string of the molecule is COc1cc(CNCC(C)CCO)cc(Cl)c1OC. The summed E-state index contributed by atoms with van der Waals surface area (Å²) in [6, 6.07) is 3.78. The van der Waals surface area contributed by atoms with E-state index < -0.39 is 0 Å². The van der Waals surface area contributed by atoms with E-state index in [2.05, 4.69) is 12.2 Å². The summed E-state index contributed by atoms with van der Waals surface area (Å²) < 4.78 is 10.4. The average molecular weight is 288 g/mol. The van der Waals surface area contributed by atoms with Crippen molar-refractivity contribution in [1.29, 1.82) is 0 Å². The normalized spacial score (nSPS) is 12.3. The Labute approximate surface area is 119 Å². The molecule has 0 heterocycles. The first-order chi connectivity index (χ1) is 9.12. The molecule has 0 fully saturated rings. The molecule has 1 aromatic carbocycles. The molecule has 2 N–H and O–H groups in total. The molecular formula is C14H22ClNO3. The van der Waals surface area contributed by atoms with Crippen molar-refractivity contribution in [3.63, 3.8) is 0 Å². The zero-order valence-corrected chi connectivity index (χ0v) is 12.5. The van der Waals surface area contributed by atoms with Crippen LogP contribution >= 0.6 is 11.6 Å². The van der Waals surface area contributed by atoms with E-state index in [1.54, 1.807) is 14.2 Å². The largest absolute Gasteiger partial charge is 0.493 e. The number of aliphatic hydroxyl groups is 1. The molecule has 1 atom stereocenters. The number of halogens is 1. The van der Waals surface area contributed by atoms with Crippen molar-refractivity contribution in [1.82, 2.24) is 5.32 Å². The maximum atomic E-state index is 8.84. The number of hydrogen-bond acceptors (Lipinski definition) is 4. The standard InChI is InChI=1S/C14H22ClNO3/c1-10(4-5-17)8-16-9-11-6-12(15)14(19-3)13(7-11)18-2/h6-7,10,16-17H,4-5,8-9H2,1-3H3. The van der Waals surface area contributed by atoms with Crippen LogP contribution in [0.2, 0.25) is 5.02 Å². The van der Waals surface area contributed by atoms with Crippen molar-refractivity contribution in [2.45, 2.75) is 19.9 Å². The first kappa shape index (κ1) is 16.1. The molecule has 5 heteroatoms. The van der Waals surface area contributed by atoms with E-state index in [-0.39, 0.29) is 6.61 Å². The number of aliphatic hydroxyl groups excluding tert-OH is 1. The van der Waals surface area contributed by atoms with E-state index >= 15 is 0 Å². The van der Waals surface area contributed by atoms with E-state index in [1.807, 2.05) is 12.1 Å². The monoisotopic (exact) mass is 287 g/mol. The highest BCUT2D eigenvalue weighted by atomic mass is 35.5. The summed E-state index contributed by atoms with van der Waals surface area (Å²) in [5, 5.41) is 12.7. The topological polar surface area (TPSA) is 50.7 Å². The average Bonchev–Trinajstić information content (AvgIpc) is 2.38. The Morgan fingerprint density at radius 2 is 2.05 bits per heavy atom. The van der Waals surface area contributed by atoms with Crippen LogP contribution in [-0.4, -0.2) is 32.5 Å². The summed E-state index contributed by atoms with van der Waals surface area (Å²) in [6.45, 7) is 3.89. The Morgan fingerprint density at radius 3 is 2.63 bits per heavy atom. The van der Waals surface area contributed by atoms with E-state index in [9.17, 15) is 0 Å². The second-order valence-electron chi connectivity index (χ2n) is 4.56. The van der Waals surface area contributed by atoms with Gasteiger partial charge in [0.05, 0.1) is 19.2 Å². The van der Waals surface area contributed by atoms with Gasteiger partial charge in [-0.05, 0) is 36.6 Å². The van der Waals surface area contributed by atoms with Crippen LogP contribution in [0.5, 0.6) is 11.5 Å². The van der Waals surface area contributed by atoms with Crippen LogP contribution in [0.15, 0.2) is 12.1 Å². The molecule has 0 radical (unpaired) electrons. The van der Waals surface area contributed by atoms with Crippen molar-refractivity contribution in [3.8, 4) is 11.5 Å². The van der Waals surface area contributed by atoms with Crippen LogP contribution in [0, 0.1) is 5.92 Å². The van der Waals surface area contributed by atoms with Crippen molar-refractivity contribution in [2.24, 2.45) is 5.92 Å². The van der Waals surface area contributed by atoms with Gasteiger partial charge in [-0.1, -0.05) is 18.5 Å². The first-order valence-electron chi connectivity index (χ1n) is 6.34. The summed E-state index contributed by atoms with van der Waals surface area (Å²) in [5.74, 6) is 1.64. The van der Waals surface area contributed by atoms with Gasteiger partial charge in [-0.3, -0.25) is 0 Å². The Hall–Kier alpha value is -0.970. The van der Waals surface area contributed by atoms with Crippen LogP contribution in [0.3, 0.4) is 0 Å². The molecule has 108 valence electrons. The zero-order valence-electron chi connectivity index (χ0n) is 11.7. The Balaban J connectivity index is 2.62. The molecule has 0 amide bonds. The van der Waals surface area contributed by atoms with Gasteiger partial charge in [-0.2, -0.15) is 0 Å². The molecule has 0 spiro atoms. The lowest BCUT2D eigenvalue weighted by Gasteiger charge is -2.14. The number of nitrogens with one attached hydrogen (secondary N) is 1. The third-order valence-electron chi connectivity index (χ3n) is 2.94. The minimum atomic E-state index is 0.227. The molecular weight excluding hydrogens is 266 g/mol. The summed E-state index contributed by atoms with van der Waals surface area (Å²) in [4.78, 5) is 0. The minimum absolute atomic E-state index is 0.227. The van der Waals surface area contributed by atoms with Crippen LogP contribution < -0.4 is 14.8 Å². The maximum absolute atomic E-state index is 8.84. The highest BCUT2D eigenvalue weighted by Gasteiger charge is 2.10. The van der Waals surface area contributed by atoms with Gasteiger partial charge >= 0.3 is 0 Å². The number of hydrogen-bond donors (Lipinski definition) is 2. The second kappa shape index (κ2) is 8.25. The Bertz CT molecular complexity index is 399. The van der Waals surface area contributed by atoms with Gasteiger partial charge in [0.15, 0.2) is 11.5 Å². The molecule has 0 aromatic heterocycles. The summed E-state index contributed by atoms with van der Waals surface area (Å²) >= 11 is 6.14. The summed E-state index contributed by atoms with van der Waals surface area (Å²) in [6.07, 6.45) is 0.805. The number of methoxy groups -OCH3 is 2. The molecule has 0 bridgehead atoms. The van der Waals surface area contributed by atoms with Crippen molar-refractivity contribution >= 4 is 11.6 Å². The number of rotatable bonds is 8. The molecule has 1 aromatic rings. The van der Waals surface area contributed by atoms with E-state index in [1.165, 1.54) is 0 Å². The smallest absolute Gasteiger partial charge is 0.179 e. The highest BCUT2D eigenvalue weighted by molar-refractivity contribution is 6.32. The third kappa shape index (κ3) is 4.90. The van der Waals surface area contributed by atoms with Gasteiger partial charge in [0.2, 0.25) is 0 Å². The maximum Gasteiger partial charge on any atom is 0.179 e. The predicted molar refractivity (Wildman–Crippen MR) is 77.1 cm³/mol. The van der Waals surface area contributed by atoms with Crippen molar-refractivity contribution in [2.75, 3.05) is 27.4 Å². The summed E-state index contributed by atoms with van der Waals surface area (Å²) in [5.41, 5.74) is 1.04. The van der Waals surface area contributed by atoms with Crippen molar-refractivity contribution < 1.29 is 14.6 Å². The lowest BCUT2D eigenvalue weighted by molar-refractivity contribution is 0.260. The molecule has 4 nitrogen and oxygen atoms in total. The minimum Gasteiger partial charge on any atom is -0.493 e. The van der Waals surface area contributed by atoms with E-state index in [4.69, 9.17) is 26.2 Å². The first-order valence-corrected chi connectivity index (χ1v) is 6.72. The predicted octanol–water partition coefficient (Wildman–Crippen LogP) is 2.47. The lowest BCUT2D eigenvalue weighted by Crippen LogP contribution is -2.21. The van der Waals surface area contributed by atoms with E-state index in [0.717, 1.165) is 18.5 Å². The quantitative estimate of drug-likeness (QED) is 0.771. The fraction of sp³-hybridized carbons (Fsp3) is 0.571. The number of benzene rings is 1.